The van der Waals surface area contributed by atoms with Crippen LogP contribution in [0.4, 0.5) is 0 Å². The number of Topliss-reactive ketones (excluding diaryl/α,β-unsaturated/α-hetero) is 1. The number of carbonyl (C=O) groups excluding carboxylic acids is 1. The summed E-state index contributed by atoms with van der Waals surface area (Å²) in [6.07, 6.45) is 6.33. The van der Waals surface area contributed by atoms with Gasteiger partial charge in [0.05, 0.1) is 12.9 Å². The Bertz CT molecular complexity index is 542. The molecular formula is C15H16N2O2. The third-order valence-corrected chi connectivity index (χ3v) is 3.28. The molecule has 4 heteroatoms. The first-order valence-electron chi connectivity index (χ1n) is 6.57. The molecular weight excluding hydrogens is 240 g/mol. The van der Waals surface area contributed by atoms with E-state index in [1.807, 2.05) is 24.3 Å². The largest absolute Gasteiger partial charge is 0.493 e. The second-order valence-corrected chi connectivity index (χ2v) is 4.84. The van der Waals surface area contributed by atoms with Gasteiger partial charge in [0.25, 0.3) is 0 Å². The zero-order chi connectivity index (χ0) is 13.1. The van der Waals surface area contributed by atoms with E-state index in [0.717, 1.165) is 36.3 Å². The fourth-order valence-corrected chi connectivity index (χ4v) is 2.00. The van der Waals surface area contributed by atoms with Crippen LogP contribution in [0.25, 0.3) is 0 Å². The summed E-state index contributed by atoms with van der Waals surface area (Å²) in [4.78, 5) is 18.8. The Morgan fingerprint density at radius 3 is 2.74 bits per heavy atom. The van der Waals surface area contributed by atoms with E-state index >= 15 is 0 Å². The number of rotatable bonds is 6. The zero-order valence-corrected chi connectivity index (χ0v) is 10.6. The van der Waals surface area contributed by atoms with Crippen LogP contribution in [0.2, 0.25) is 0 Å². The van der Waals surface area contributed by atoms with E-state index in [2.05, 4.69) is 9.97 Å². The van der Waals surface area contributed by atoms with E-state index in [9.17, 15) is 4.79 Å². The number of hydrogen-bond acceptors (Lipinski definition) is 3. The van der Waals surface area contributed by atoms with Crippen LogP contribution in [0, 0.1) is 5.92 Å². The number of aromatic nitrogens is 2. The normalized spacial score (nSPS) is 14.3. The van der Waals surface area contributed by atoms with E-state index in [0.29, 0.717) is 6.61 Å². The SMILES string of the molecule is O=C(c1ccc(OCCc2cnc[nH]2)cc1)C1CC1. The number of aromatic amines is 1. The van der Waals surface area contributed by atoms with Crippen molar-refractivity contribution in [1.29, 1.82) is 0 Å². The van der Waals surface area contributed by atoms with Gasteiger partial charge in [0.2, 0.25) is 0 Å². The Labute approximate surface area is 111 Å². The summed E-state index contributed by atoms with van der Waals surface area (Å²) in [7, 11) is 0. The smallest absolute Gasteiger partial charge is 0.165 e. The van der Waals surface area contributed by atoms with Crippen LogP contribution in [-0.4, -0.2) is 22.4 Å². The highest BCUT2D eigenvalue weighted by atomic mass is 16.5. The lowest BCUT2D eigenvalue weighted by atomic mass is 10.1. The molecule has 98 valence electrons. The van der Waals surface area contributed by atoms with Gasteiger partial charge in [0, 0.05) is 29.8 Å². The fraction of sp³-hybridized carbons (Fsp3) is 0.333. The molecule has 1 aromatic carbocycles. The molecule has 0 unspecified atom stereocenters. The number of ketones is 1. The minimum absolute atomic E-state index is 0.268. The van der Waals surface area contributed by atoms with Gasteiger partial charge < -0.3 is 9.72 Å². The minimum Gasteiger partial charge on any atom is -0.493 e. The van der Waals surface area contributed by atoms with E-state index < -0.39 is 0 Å². The van der Waals surface area contributed by atoms with Crippen molar-refractivity contribution in [1.82, 2.24) is 9.97 Å². The van der Waals surface area contributed by atoms with Gasteiger partial charge >= 0.3 is 0 Å². The molecule has 0 bridgehead atoms. The van der Waals surface area contributed by atoms with Gasteiger partial charge in [-0.15, -0.1) is 0 Å². The summed E-state index contributed by atoms with van der Waals surface area (Å²) in [5, 5.41) is 0. The Kier molecular flexibility index (Phi) is 3.31. The number of hydrogen-bond donors (Lipinski definition) is 1. The molecule has 4 nitrogen and oxygen atoms in total. The molecule has 1 heterocycles. The Morgan fingerprint density at radius 2 is 2.11 bits per heavy atom. The van der Waals surface area contributed by atoms with Crippen LogP contribution in [0.5, 0.6) is 5.75 Å². The summed E-state index contributed by atoms with van der Waals surface area (Å²) >= 11 is 0. The van der Waals surface area contributed by atoms with Crippen LogP contribution in [-0.2, 0) is 6.42 Å². The molecule has 1 fully saturated rings. The first-order valence-corrected chi connectivity index (χ1v) is 6.57. The first kappa shape index (κ1) is 12.0. The Balaban J connectivity index is 1.52. The number of imidazole rings is 1. The van der Waals surface area contributed by atoms with Crippen molar-refractivity contribution < 1.29 is 9.53 Å². The predicted octanol–water partition coefficient (Wildman–Crippen LogP) is 2.62. The molecule has 0 atom stereocenters. The van der Waals surface area contributed by atoms with Crippen molar-refractivity contribution in [3.8, 4) is 5.75 Å². The molecule has 1 aliphatic carbocycles. The van der Waals surface area contributed by atoms with E-state index in [-0.39, 0.29) is 11.7 Å². The van der Waals surface area contributed by atoms with Gasteiger partial charge in [0.15, 0.2) is 5.78 Å². The summed E-state index contributed by atoms with van der Waals surface area (Å²) < 4.78 is 5.63. The summed E-state index contributed by atoms with van der Waals surface area (Å²) in [6, 6.07) is 7.43. The molecule has 3 rings (SSSR count). The average Bonchev–Trinajstić information content (AvgIpc) is 3.17. The number of nitrogens with zero attached hydrogens (tertiary/aromatic N) is 1. The van der Waals surface area contributed by atoms with Gasteiger partial charge in [-0.2, -0.15) is 0 Å². The quantitative estimate of drug-likeness (QED) is 0.808. The molecule has 0 saturated heterocycles. The standard InChI is InChI=1S/C15H16N2O2/c18-15(11-1-2-11)12-3-5-14(6-4-12)19-8-7-13-9-16-10-17-13/h3-6,9-11H,1-2,7-8H2,(H,16,17). The van der Waals surface area contributed by atoms with Crippen LogP contribution >= 0.6 is 0 Å². The monoisotopic (exact) mass is 256 g/mol. The third kappa shape index (κ3) is 3.02. The second kappa shape index (κ2) is 5.26. The van der Waals surface area contributed by atoms with Crippen molar-refractivity contribution in [3.05, 3.63) is 48.0 Å². The summed E-state index contributed by atoms with van der Waals surface area (Å²) in [6.45, 7) is 0.595. The molecule has 1 N–H and O–H groups in total. The van der Waals surface area contributed by atoms with E-state index in [1.165, 1.54) is 0 Å². The summed E-state index contributed by atoms with van der Waals surface area (Å²) in [5.41, 5.74) is 1.85. The number of carbonyl (C=O) groups is 1. The van der Waals surface area contributed by atoms with E-state index in [4.69, 9.17) is 4.74 Å². The van der Waals surface area contributed by atoms with Crippen molar-refractivity contribution in [2.24, 2.45) is 5.92 Å². The maximum absolute atomic E-state index is 11.8. The van der Waals surface area contributed by atoms with Crippen molar-refractivity contribution >= 4 is 5.78 Å². The predicted molar refractivity (Wildman–Crippen MR) is 71.3 cm³/mol. The highest BCUT2D eigenvalue weighted by Gasteiger charge is 2.30. The third-order valence-electron chi connectivity index (χ3n) is 3.28. The average molecular weight is 256 g/mol. The number of ether oxygens (including phenoxy) is 1. The van der Waals surface area contributed by atoms with Crippen molar-refractivity contribution in [2.45, 2.75) is 19.3 Å². The minimum atomic E-state index is 0.268. The van der Waals surface area contributed by atoms with Gasteiger partial charge in [-0.1, -0.05) is 0 Å². The first-order chi connectivity index (χ1) is 9.33. The zero-order valence-electron chi connectivity index (χ0n) is 10.6. The number of H-pyrrole nitrogens is 1. The van der Waals surface area contributed by atoms with Gasteiger partial charge in [0.1, 0.15) is 5.75 Å². The molecule has 0 amide bonds. The lowest BCUT2D eigenvalue weighted by molar-refractivity contribution is 0.0967. The molecule has 1 saturated carbocycles. The highest BCUT2D eigenvalue weighted by molar-refractivity contribution is 5.99. The topological polar surface area (TPSA) is 55.0 Å². The van der Waals surface area contributed by atoms with Crippen LogP contribution in [0.15, 0.2) is 36.8 Å². The second-order valence-electron chi connectivity index (χ2n) is 4.84. The lowest BCUT2D eigenvalue weighted by Crippen LogP contribution is -2.03. The van der Waals surface area contributed by atoms with Crippen LogP contribution in [0.3, 0.4) is 0 Å². The Morgan fingerprint density at radius 1 is 1.32 bits per heavy atom. The van der Waals surface area contributed by atoms with Crippen molar-refractivity contribution in [2.75, 3.05) is 6.61 Å². The highest BCUT2D eigenvalue weighted by Crippen LogP contribution is 2.32. The molecule has 1 aliphatic rings. The van der Waals surface area contributed by atoms with Gasteiger partial charge in [-0.3, -0.25) is 4.79 Å². The lowest BCUT2D eigenvalue weighted by Gasteiger charge is -2.06. The maximum Gasteiger partial charge on any atom is 0.165 e. The van der Waals surface area contributed by atoms with Gasteiger partial charge in [-0.25, -0.2) is 4.98 Å². The van der Waals surface area contributed by atoms with Crippen LogP contribution < -0.4 is 4.74 Å². The molecule has 19 heavy (non-hydrogen) atoms. The number of nitrogens with one attached hydrogen (secondary N) is 1. The van der Waals surface area contributed by atoms with Crippen LogP contribution in [0.1, 0.15) is 28.9 Å². The fourth-order valence-electron chi connectivity index (χ4n) is 2.00. The van der Waals surface area contributed by atoms with Crippen molar-refractivity contribution in [3.63, 3.8) is 0 Å². The Hall–Kier alpha value is -2.10. The molecule has 0 spiro atoms. The van der Waals surface area contributed by atoms with E-state index in [1.54, 1.807) is 12.5 Å². The molecule has 1 aromatic heterocycles. The molecule has 0 aliphatic heterocycles. The molecule has 2 aromatic rings. The maximum atomic E-state index is 11.8. The summed E-state index contributed by atoms with van der Waals surface area (Å²) in [5.74, 6) is 1.34. The molecule has 0 radical (unpaired) electrons. The number of benzene rings is 1. The van der Waals surface area contributed by atoms with Gasteiger partial charge in [-0.05, 0) is 37.1 Å².